The molecule has 0 atom stereocenters. The number of pyridine rings is 1. The van der Waals surface area contributed by atoms with Crippen molar-refractivity contribution in [1.82, 2.24) is 4.98 Å². The molecule has 21 heavy (non-hydrogen) atoms. The summed E-state index contributed by atoms with van der Waals surface area (Å²) in [5, 5.41) is 5.01. The van der Waals surface area contributed by atoms with E-state index in [0.717, 1.165) is 16.3 Å². The van der Waals surface area contributed by atoms with Gasteiger partial charge in [-0.3, -0.25) is 4.79 Å². The van der Waals surface area contributed by atoms with Gasteiger partial charge in [0, 0.05) is 12.3 Å². The summed E-state index contributed by atoms with van der Waals surface area (Å²) in [7, 11) is 0. The quantitative estimate of drug-likeness (QED) is 0.736. The number of hydrogen-bond donors (Lipinski definition) is 1. The number of benzene rings is 2. The largest absolute Gasteiger partial charge is 0.307 e. The molecular weight excluding hydrogens is 260 g/mol. The number of nitrogens with zero attached hydrogens (tertiary/aromatic N) is 1. The van der Waals surface area contributed by atoms with Gasteiger partial charge in [0.1, 0.15) is 5.82 Å². The molecular formula is C18H14N2O. The van der Waals surface area contributed by atoms with Gasteiger partial charge in [0.25, 0.3) is 0 Å². The van der Waals surface area contributed by atoms with Crippen LogP contribution in [-0.4, -0.2) is 10.9 Å². The summed E-state index contributed by atoms with van der Waals surface area (Å²) in [6.45, 7) is 0. The van der Waals surface area contributed by atoms with Gasteiger partial charge in [-0.05, 0) is 34.5 Å². The van der Waals surface area contributed by atoms with Crippen molar-refractivity contribution in [3.8, 4) is 0 Å². The first-order valence-corrected chi connectivity index (χ1v) is 6.71. The molecule has 0 unspecified atom stereocenters. The molecule has 1 aromatic heterocycles. The first-order valence-electron chi connectivity index (χ1n) is 6.71. The fourth-order valence-corrected chi connectivity index (χ4v) is 2.17. The zero-order valence-corrected chi connectivity index (χ0v) is 11.4. The first kappa shape index (κ1) is 13.1. The summed E-state index contributed by atoms with van der Waals surface area (Å²) in [4.78, 5) is 15.9. The first-order chi connectivity index (χ1) is 10.3. The Bertz CT molecular complexity index is 789. The molecule has 0 saturated heterocycles. The molecule has 1 N–H and O–H groups in total. The van der Waals surface area contributed by atoms with Crippen molar-refractivity contribution in [2.75, 3.05) is 5.32 Å². The van der Waals surface area contributed by atoms with E-state index in [9.17, 15) is 4.79 Å². The zero-order chi connectivity index (χ0) is 14.5. The van der Waals surface area contributed by atoms with Crippen molar-refractivity contribution in [3.63, 3.8) is 0 Å². The molecule has 102 valence electrons. The number of rotatable bonds is 3. The highest BCUT2D eigenvalue weighted by molar-refractivity contribution is 6.03. The molecule has 0 bridgehead atoms. The van der Waals surface area contributed by atoms with Crippen LogP contribution in [0.2, 0.25) is 0 Å². The van der Waals surface area contributed by atoms with Gasteiger partial charge in [-0.15, -0.1) is 0 Å². The van der Waals surface area contributed by atoms with Crippen molar-refractivity contribution >= 4 is 28.6 Å². The van der Waals surface area contributed by atoms with Crippen LogP contribution in [0.3, 0.4) is 0 Å². The second kappa shape index (κ2) is 6.01. The Kier molecular flexibility index (Phi) is 3.74. The van der Waals surface area contributed by atoms with Crippen LogP contribution >= 0.6 is 0 Å². The van der Waals surface area contributed by atoms with Crippen molar-refractivity contribution in [2.24, 2.45) is 0 Å². The van der Waals surface area contributed by atoms with E-state index in [1.165, 1.54) is 6.08 Å². The van der Waals surface area contributed by atoms with E-state index < -0.39 is 0 Å². The fourth-order valence-electron chi connectivity index (χ4n) is 2.17. The number of hydrogen-bond acceptors (Lipinski definition) is 2. The van der Waals surface area contributed by atoms with Gasteiger partial charge in [0.15, 0.2) is 0 Å². The molecule has 0 aliphatic heterocycles. The molecule has 1 amide bonds. The zero-order valence-electron chi connectivity index (χ0n) is 11.4. The van der Waals surface area contributed by atoms with Crippen LogP contribution in [-0.2, 0) is 4.79 Å². The molecule has 3 heteroatoms. The number of aromatic nitrogens is 1. The van der Waals surface area contributed by atoms with E-state index in [1.54, 1.807) is 12.3 Å². The third kappa shape index (κ3) is 3.15. The van der Waals surface area contributed by atoms with Crippen LogP contribution in [0.1, 0.15) is 5.56 Å². The Hall–Kier alpha value is -2.94. The molecule has 3 aromatic rings. The van der Waals surface area contributed by atoms with Crippen molar-refractivity contribution in [3.05, 3.63) is 78.5 Å². The van der Waals surface area contributed by atoms with Crippen LogP contribution < -0.4 is 5.32 Å². The Balaban J connectivity index is 1.80. The average molecular weight is 274 g/mol. The molecule has 0 fully saturated rings. The summed E-state index contributed by atoms with van der Waals surface area (Å²) < 4.78 is 0. The van der Waals surface area contributed by atoms with Crippen molar-refractivity contribution < 1.29 is 4.79 Å². The number of fused-ring (bicyclic) bond motifs is 1. The predicted octanol–water partition coefficient (Wildman–Crippen LogP) is 3.89. The lowest BCUT2D eigenvalue weighted by Gasteiger charge is -2.02. The standard InChI is InChI=1S/C18H14N2O/c21-18(20-17-10-3-4-13-19-17)12-11-15-8-5-7-14-6-1-2-9-16(14)15/h1-13H,(H,19,20,21). The topological polar surface area (TPSA) is 42.0 Å². The second-order valence-corrected chi connectivity index (χ2v) is 4.61. The van der Waals surface area contributed by atoms with Crippen LogP contribution in [0.25, 0.3) is 16.8 Å². The molecule has 1 heterocycles. The molecule has 0 saturated carbocycles. The van der Waals surface area contributed by atoms with Crippen LogP contribution in [0, 0.1) is 0 Å². The number of carbonyl (C=O) groups is 1. The second-order valence-electron chi connectivity index (χ2n) is 4.61. The van der Waals surface area contributed by atoms with Gasteiger partial charge in [0.2, 0.25) is 5.91 Å². The fraction of sp³-hybridized carbons (Fsp3) is 0. The third-order valence-corrected chi connectivity index (χ3v) is 3.15. The summed E-state index contributed by atoms with van der Waals surface area (Å²) in [6.07, 6.45) is 4.99. The van der Waals surface area contributed by atoms with Gasteiger partial charge < -0.3 is 5.32 Å². The lowest BCUT2D eigenvalue weighted by molar-refractivity contribution is -0.111. The van der Waals surface area contributed by atoms with E-state index >= 15 is 0 Å². The third-order valence-electron chi connectivity index (χ3n) is 3.15. The van der Waals surface area contributed by atoms with Crippen LogP contribution in [0.5, 0.6) is 0 Å². The Morgan fingerprint density at radius 2 is 1.76 bits per heavy atom. The Morgan fingerprint density at radius 1 is 0.952 bits per heavy atom. The van der Waals surface area contributed by atoms with E-state index in [1.807, 2.05) is 48.5 Å². The molecule has 3 nitrogen and oxygen atoms in total. The summed E-state index contributed by atoms with van der Waals surface area (Å²) >= 11 is 0. The highest BCUT2D eigenvalue weighted by atomic mass is 16.1. The number of amides is 1. The van der Waals surface area contributed by atoms with Gasteiger partial charge in [0.05, 0.1) is 0 Å². The maximum atomic E-state index is 11.9. The Morgan fingerprint density at radius 3 is 2.62 bits per heavy atom. The lowest BCUT2D eigenvalue weighted by Crippen LogP contribution is -2.08. The molecule has 0 spiro atoms. The van der Waals surface area contributed by atoms with Gasteiger partial charge in [-0.1, -0.05) is 48.5 Å². The molecule has 0 aliphatic rings. The van der Waals surface area contributed by atoms with Crippen molar-refractivity contribution in [1.29, 1.82) is 0 Å². The maximum absolute atomic E-state index is 11.9. The predicted molar refractivity (Wildman–Crippen MR) is 85.8 cm³/mol. The van der Waals surface area contributed by atoms with Gasteiger partial charge in [-0.2, -0.15) is 0 Å². The van der Waals surface area contributed by atoms with E-state index in [0.29, 0.717) is 5.82 Å². The molecule has 0 aliphatic carbocycles. The smallest absolute Gasteiger partial charge is 0.249 e. The minimum absolute atomic E-state index is 0.193. The van der Waals surface area contributed by atoms with Crippen molar-refractivity contribution in [2.45, 2.75) is 0 Å². The minimum atomic E-state index is -0.193. The van der Waals surface area contributed by atoms with Gasteiger partial charge >= 0.3 is 0 Å². The highest BCUT2D eigenvalue weighted by Gasteiger charge is 2.00. The molecule has 2 aromatic carbocycles. The molecule has 0 radical (unpaired) electrons. The van der Waals surface area contributed by atoms with Crippen LogP contribution in [0.15, 0.2) is 72.9 Å². The van der Waals surface area contributed by atoms with E-state index in [2.05, 4.69) is 22.4 Å². The van der Waals surface area contributed by atoms with Crippen LogP contribution in [0.4, 0.5) is 5.82 Å². The highest BCUT2D eigenvalue weighted by Crippen LogP contribution is 2.19. The Labute approximate surface area is 123 Å². The summed E-state index contributed by atoms with van der Waals surface area (Å²) in [5.41, 5.74) is 1.02. The van der Waals surface area contributed by atoms with E-state index in [-0.39, 0.29) is 5.91 Å². The average Bonchev–Trinajstić information content (AvgIpc) is 2.54. The number of nitrogens with one attached hydrogen (secondary N) is 1. The maximum Gasteiger partial charge on any atom is 0.249 e. The lowest BCUT2D eigenvalue weighted by atomic mass is 10.0. The monoisotopic (exact) mass is 274 g/mol. The SMILES string of the molecule is O=C(C=Cc1cccc2ccccc12)Nc1ccccn1. The van der Waals surface area contributed by atoms with Gasteiger partial charge in [-0.25, -0.2) is 4.98 Å². The summed E-state index contributed by atoms with van der Waals surface area (Å²) in [5.74, 6) is 0.353. The number of anilines is 1. The minimum Gasteiger partial charge on any atom is -0.307 e. The molecule has 3 rings (SSSR count). The normalized spacial score (nSPS) is 10.9. The summed E-state index contributed by atoms with van der Waals surface area (Å²) in [6, 6.07) is 19.5. The number of carbonyl (C=O) groups excluding carboxylic acids is 1. The van der Waals surface area contributed by atoms with E-state index in [4.69, 9.17) is 0 Å².